The monoisotopic (exact) mass is 411 g/mol. The highest BCUT2D eigenvalue weighted by atomic mass is 35.5. The summed E-state index contributed by atoms with van der Waals surface area (Å²) < 4.78 is 31.7. The fourth-order valence-corrected chi connectivity index (χ4v) is 4.59. The van der Waals surface area contributed by atoms with E-state index in [1.165, 1.54) is 19.2 Å². The highest BCUT2D eigenvalue weighted by Crippen LogP contribution is 2.26. The van der Waals surface area contributed by atoms with Crippen molar-refractivity contribution >= 4 is 44.3 Å². The standard InChI is InChI=1S/C17H18ClN3O5S/c1-26-17(23)8-14-9-20(10-16(22)21(14)19)27(24,25)15-5-3-11-6-13(18)4-2-12(11)7-15/h2-7,14H,8-10,19H2,1H3. The number of nitrogens with two attached hydrogens (primary N) is 1. The van der Waals surface area contributed by atoms with Crippen LogP contribution < -0.4 is 5.84 Å². The molecule has 0 bridgehead atoms. The fourth-order valence-electron chi connectivity index (χ4n) is 2.95. The number of amides is 1. The van der Waals surface area contributed by atoms with E-state index in [0.29, 0.717) is 10.4 Å². The van der Waals surface area contributed by atoms with Gasteiger partial charge < -0.3 is 4.74 Å². The summed E-state index contributed by atoms with van der Waals surface area (Å²) in [6.07, 6.45) is -0.193. The summed E-state index contributed by atoms with van der Waals surface area (Å²) in [7, 11) is -2.74. The summed E-state index contributed by atoms with van der Waals surface area (Å²) in [5.74, 6) is 4.53. The lowest BCUT2D eigenvalue weighted by Crippen LogP contribution is -2.60. The average molecular weight is 412 g/mol. The molecule has 144 valence electrons. The summed E-state index contributed by atoms with van der Waals surface area (Å²) in [4.78, 5) is 23.7. The second kappa shape index (κ2) is 7.43. The molecule has 2 aromatic carbocycles. The molecule has 1 atom stereocenters. The van der Waals surface area contributed by atoms with Crippen molar-refractivity contribution in [3.63, 3.8) is 0 Å². The molecule has 8 nitrogen and oxygen atoms in total. The molecule has 0 aliphatic carbocycles. The molecule has 1 unspecified atom stereocenters. The van der Waals surface area contributed by atoms with Gasteiger partial charge in [-0.25, -0.2) is 14.3 Å². The minimum absolute atomic E-state index is 0.0485. The fraction of sp³-hybridized carbons (Fsp3) is 0.294. The van der Waals surface area contributed by atoms with Gasteiger partial charge >= 0.3 is 5.97 Å². The van der Waals surface area contributed by atoms with E-state index < -0.39 is 34.5 Å². The first-order valence-corrected chi connectivity index (χ1v) is 9.87. The van der Waals surface area contributed by atoms with Crippen LogP contribution in [0.25, 0.3) is 10.8 Å². The third-order valence-corrected chi connectivity index (χ3v) is 6.49. The van der Waals surface area contributed by atoms with Gasteiger partial charge in [0, 0.05) is 11.6 Å². The van der Waals surface area contributed by atoms with E-state index in [0.717, 1.165) is 14.7 Å². The predicted octanol–water partition coefficient (Wildman–Crippen LogP) is 1.13. The number of piperazine rings is 1. The van der Waals surface area contributed by atoms with Crippen LogP contribution in [0, 0.1) is 0 Å². The number of rotatable bonds is 4. The highest BCUT2D eigenvalue weighted by molar-refractivity contribution is 7.89. The minimum Gasteiger partial charge on any atom is -0.469 e. The number of fused-ring (bicyclic) bond motifs is 1. The predicted molar refractivity (Wildman–Crippen MR) is 99.2 cm³/mol. The number of nitrogens with zero attached hydrogens (tertiary/aromatic N) is 2. The van der Waals surface area contributed by atoms with Crippen LogP contribution in [-0.4, -0.2) is 55.8 Å². The highest BCUT2D eigenvalue weighted by Gasteiger charge is 2.38. The number of carbonyl (C=O) groups excluding carboxylic acids is 2. The molecule has 3 rings (SSSR count). The maximum Gasteiger partial charge on any atom is 0.307 e. The van der Waals surface area contributed by atoms with Crippen molar-refractivity contribution in [2.24, 2.45) is 5.84 Å². The van der Waals surface area contributed by atoms with Gasteiger partial charge in [0.15, 0.2) is 0 Å². The van der Waals surface area contributed by atoms with Crippen LogP contribution >= 0.6 is 11.6 Å². The van der Waals surface area contributed by atoms with E-state index in [-0.39, 0.29) is 17.9 Å². The Labute approximate surface area is 161 Å². The number of esters is 1. The van der Waals surface area contributed by atoms with Crippen LogP contribution in [-0.2, 0) is 24.3 Å². The lowest BCUT2D eigenvalue weighted by atomic mass is 10.1. The molecule has 1 heterocycles. The molecule has 2 aromatic rings. The van der Waals surface area contributed by atoms with E-state index in [1.54, 1.807) is 24.3 Å². The Morgan fingerprint density at radius 1 is 1.26 bits per heavy atom. The van der Waals surface area contributed by atoms with Crippen LogP contribution in [0.1, 0.15) is 6.42 Å². The molecule has 1 aliphatic rings. The van der Waals surface area contributed by atoms with Crippen molar-refractivity contribution in [3.05, 3.63) is 41.4 Å². The van der Waals surface area contributed by atoms with Gasteiger partial charge in [-0.1, -0.05) is 23.7 Å². The molecule has 2 N–H and O–H groups in total. The number of hydrazine groups is 1. The first kappa shape index (κ1) is 19.6. The molecule has 0 aromatic heterocycles. The number of ether oxygens (including phenoxy) is 1. The normalized spacial score (nSPS) is 18.7. The lowest BCUT2D eigenvalue weighted by Gasteiger charge is -2.37. The molecule has 1 fully saturated rings. The Morgan fingerprint density at radius 2 is 1.93 bits per heavy atom. The van der Waals surface area contributed by atoms with Gasteiger partial charge in [-0.3, -0.25) is 14.6 Å². The summed E-state index contributed by atoms with van der Waals surface area (Å²) in [6, 6.07) is 8.96. The number of carbonyl (C=O) groups is 2. The largest absolute Gasteiger partial charge is 0.469 e. The molecule has 1 saturated heterocycles. The van der Waals surface area contributed by atoms with Crippen LogP contribution in [0.5, 0.6) is 0 Å². The number of sulfonamides is 1. The van der Waals surface area contributed by atoms with Crippen LogP contribution in [0.15, 0.2) is 41.3 Å². The molecular weight excluding hydrogens is 394 g/mol. The maximum atomic E-state index is 13.0. The second-order valence-electron chi connectivity index (χ2n) is 6.19. The van der Waals surface area contributed by atoms with Crippen LogP contribution in [0.2, 0.25) is 5.02 Å². The second-order valence-corrected chi connectivity index (χ2v) is 8.56. The smallest absolute Gasteiger partial charge is 0.307 e. The van der Waals surface area contributed by atoms with E-state index in [1.807, 2.05) is 0 Å². The van der Waals surface area contributed by atoms with Crippen molar-refractivity contribution < 1.29 is 22.7 Å². The maximum absolute atomic E-state index is 13.0. The summed E-state index contributed by atoms with van der Waals surface area (Å²) >= 11 is 5.95. The zero-order chi connectivity index (χ0) is 19.8. The van der Waals surface area contributed by atoms with Gasteiger partial charge in [0.2, 0.25) is 10.0 Å². The average Bonchev–Trinajstić information content (AvgIpc) is 2.64. The van der Waals surface area contributed by atoms with Gasteiger partial charge in [0.25, 0.3) is 5.91 Å². The topological polar surface area (TPSA) is 110 Å². The summed E-state index contributed by atoms with van der Waals surface area (Å²) in [6.45, 7) is -0.493. The summed E-state index contributed by atoms with van der Waals surface area (Å²) in [5, 5.41) is 2.95. The quantitative estimate of drug-likeness (QED) is 0.459. The van der Waals surface area contributed by atoms with Crippen LogP contribution in [0.4, 0.5) is 0 Å². The molecule has 27 heavy (non-hydrogen) atoms. The Hall–Kier alpha value is -2.20. The van der Waals surface area contributed by atoms with Gasteiger partial charge in [-0.2, -0.15) is 4.31 Å². The Balaban J connectivity index is 1.92. The zero-order valence-corrected chi connectivity index (χ0v) is 16.0. The Bertz CT molecular complexity index is 1010. The molecule has 10 heteroatoms. The van der Waals surface area contributed by atoms with Crippen molar-refractivity contribution in [2.45, 2.75) is 17.4 Å². The summed E-state index contributed by atoms with van der Waals surface area (Å²) in [5.41, 5.74) is 0. The minimum atomic E-state index is -3.95. The van der Waals surface area contributed by atoms with Gasteiger partial charge in [-0.15, -0.1) is 0 Å². The van der Waals surface area contributed by atoms with Crippen molar-refractivity contribution in [3.8, 4) is 0 Å². The van der Waals surface area contributed by atoms with Crippen molar-refractivity contribution in [2.75, 3.05) is 20.2 Å². The third-order valence-electron chi connectivity index (χ3n) is 4.45. The number of hydrogen-bond donors (Lipinski definition) is 1. The number of hydrogen-bond acceptors (Lipinski definition) is 6. The van der Waals surface area contributed by atoms with E-state index in [9.17, 15) is 18.0 Å². The zero-order valence-electron chi connectivity index (χ0n) is 14.5. The van der Waals surface area contributed by atoms with Crippen molar-refractivity contribution in [1.82, 2.24) is 9.31 Å². The molecule has 0 saturated carbocycles. The van der Waals surface area contributed by atoms with Crippen molar-refractivity contribution in [1.29, 1.82) is 0 Å². The molecule has 0 spiro atoms. The molecular formula is C17H18ClN3O5S. The number of halogens is 1. The van der Waals surface area contributed by atoms with Crippen LogP contribution in [0.3, 0.4) is 0 Å². The Kier molecular flexibility index (Phi) is 5.38. The third kappa shape index (κ3) is 3.91. The first-order chi connectivity index (χ1) is 12.7. The molecule has 1 aliphatic heterocycles. The van der Waals surface area contributed by atoms with E-state index >= 15 is 0 Å². The SMILES string of the molecule is COC(=O)CC1CN(S(=O)(=O)c2ccc3cc(Cl)ccc3c2)CC(=O)N1N. The Morgan fingerprint density at radius 3 is 2.63 bits per heavy atom. The lowest BCUT2D eigenvalue weighted by molar-refractivity contribution is -0.146. The number of methoxy groups -OCH3 is 1. The van der Waals surface area contributed by atoms with Gasteiger partial charge in [0.1, 0.15) is 0 Å². The number of benzene rings is 2. The first-order valence-electron chi connectivity index (χ1n) is 8.05. The van der Waals surface area contributed by atoms with E-state index in [2.05, 4.69) is 4.74 Å². The van der Waals surface area contributed by atoms with E-state index in [4.69, 9.17) is 17.4 Å². The molecule has 1 amide bonds. The van der Waals surface area contributed by atoms with Gasteiger partial charge in [-0.05, 0) is 35.0 Å². The van der Waals surface area contributed by atoms with Gasteiger partial charge in [0.05, 0.1) is 31.0 Å². The molecule has 0 radical (unpaired) electrons.